The molecule has 1 amide bonds. The van der Waals surface area contributed by atoms with E-state index in [9.17, 15) is 13.2 Å². The summed E-state index contributed by atoms with van der Waals surface area (Å²) in [5.41, 5.74) is 2.02. The number of hydrogen-bond donors (Lipinski definition) is 0. The van der Waals surface area contributed by atoms with Crippen LogP contribution < -0.4 is 9.04 Å². The third-order valence-electron chi connectivity index (χ3n) is 5.99. The highest BCUT2D eigenvalue weighted by atomic mass is 32.2. The monoisotopic (exact) mass is 428 g/mol. The quantitative estimate of drug-likeness (QED) is 0.747. The van der Waals surface area contributed by atoms with Crippen molar-refractivity contribution in [2.24, 2.45) is 11.8 Å². The minimum Gasteiger partial charge on any atom is -0.496 e. The van der Waals surface area contributed by atoms with E-state index in [1.807, 2.05) is 29.2 Å². The zero-order chi connectivity index (χ0) is 21.5. The molecule has 0 aromatic heterocycles. The Balaban J connectivity index is 1.70. The first kappa shape index (κ1) is 20.7. The molecular formula is C23H28N2O4S. The number of anilines is 1. The third-order valence-corrected chi connectivity index (χ3v) is 7.80. The molecule has 2 aliphatic rings. The number of carbonyl (C=O) groups is 1. The van der Waals surface area contributed by atoms with Crippen molar-refractivity contribution in [3.05, 3.63) is 53.6 Å². The Hall–Kier alpha value is -2.54. The number of hydrogen-bond acceptors (Lipinski definition) is 4. The number of piperidine rings is 1. The molecule has 2 aromatic carbocycles. The molecule has 2 atom stereocenters. The van der Waals surface area contributed by atoms with Crippen molar-refractivity contribution in [1.82, 2.24) is 4.90 Å². The van der Waals surface area contributed by atoms with Gasteiger partial charge in [-0.1, -0.05) is 32.0 Å². The van der Waals surface area contributed by atoms with Crippen LogP contribution in [0.2, 0.25) is 0 Å². The summed E-state index contributed by atoms with van der Waals surface area (Å²) in [6, 6.07) is 12.1. The summed E-state index contributed by atoms with van der Waals surface area (Å²) in [6.45, 7) is 6.02. The highest BCUT2D eigenvalue weighted by molar-refractivity contribution is 7.92. The molecule has 0 aliphatic carbocycles. The van der Waals surface area contributed by atoms with E-state index in [0.29, 0.717) is 54.9 Å². The number of methoxy groups -OCH3 is 1. The van der Waals surface area contributed by atoms with Crippen molar-refractivity contribution in [1.29, 1.82) is 0 Å². The minimum atomic E-state index is -3.78. The minimum absolute atomic E-state index is 0.112. The Morgan fingerprint density at radius 2 is 1.77 bits per heavy atom. The standard InChI is InChI=1S/C23H28N2O4S/c1-16-12-17(2)15-24(14-16)23(26)20-13-19(8-9-22(20)29-3)30(27,28)25-11-10-18-6-4-5-7-21(18)25/h4-9,13,16-17H,10-12,14-15H2,1-3H3. The molecule has 0 spiro atoms. The molecule has 2 aromatic rings. The Bertz CT molecular complexity index is 1060. The molecule has 7 heteroatoms. The summed E-state index contributed by atoms with van der Waals surface area (Å²) in [6.07, 6.45) is 1.77. The average molecular weight is 429 g/mol. The molecule has 1 fully saturated rings. The van der Waals surface area contributed by atoms with E-state index in [1.165, 1.54) is 23.5 Å². The van der Waals surface area contributed by atoms with Crippen LogP contribution in [0.1, 0.15) is 36.2 Å². The number of ether oxygens (including phenoxy) is 1. The van der Waals surface area contributed by atoms with Crippen LogP contribution in [0, 0.1) is 11.8 Å². The molecular weight excluding hydrogens is 400 g/mol. The topological polar surface area (TPSA) is 66.9 Å². The van der Waals surface area contributed by atoms with Crippen molar-refractivity contribution >= 4 is 21.6 Å². The van der Waals surface area contributed by atoms with Gasteiger partial charge in [-0.3, -0.25) is 9.10 Å². The average Bonchev–Trinajstić information content (AvgIpc) is 3.17. The van der Waals surface area contributed by atoms with Crippen LogP contribution >= 0.6 is 0 Å². The number of likely N-dealkylation sites (tertiary alicyclic amines) is 1. The second-order valence-corrected chi connectivity index (χ2v) is 10.3. The van der Waals surface area contributed by atoms with E-state index in [2.05, 4.69) is 13.8 Å². The molecule has 2 aliphatic heterocycles. The number of sulfonamides is 1. The summed E-state index contributed by atoms with van der Waals surface area (Å²) in [5.74, 6) is 1.05. The molecule has 30 heavy (non-hydrogen) atoms. The Labute approximate surface area is 178 Å². The van der Waals surface area contributed by atoms with Crippen molar-refractivity contribution in [2.45, 2.75) is 31.6 Å². The lowest BCUT2D eigenvalue weighted by Crippen LogP contribution is -2.42. The van der Waals surface area contributed by atoms with Crippen LogP contribution in [0.4, 0.5) is 5.69 Å². The summed E-state index contributed by atoms with van der Waals surface area (Å²) in [5, 5.41) is 0. The number of nitrogens with zero attached hydrogens (tertiary/aromatic N) is 2. The summed E-state index contributed by atoms with van der Waals surface area (Å²) in [7, 11) is -2.28. The molecule has 6 nitrogen and oxygen atoms in total. The van der Waals surface area contributed by atoms with Crippen molar-refractivity contribution in [2.75, 3.05) is 31.0 Å². The van der Waals surface area contributed by atoms with E-state index in [0.717, 1.165) is 12.0 Å². The number of rotatable bonds is 4. The zero-order valence-electron chi connectivity index (χ0n) is 17.7. The van der Waals surface area contributed by atoms with Crippen LogP contribution in [0.3, 0.4) is 0 Å². The first-order valence-electron chi connectivity index (χ1n) is 10.4. The molecule has 160 valence electrons. The normalized spacial score (nSPS) is 21.4. The van der Waals surface area contributed by atoms with E-state index >= 15 is 0 Å². The van der Waals surface area contributed by atoms with Crippen LogP contribution in [0.25, 0.3) is 0 Å². The first-order chi connectivity index (χ1) is 14.3. The van der Waals surface area contributed by atoms with Crippen molar-refractivity contribution in [3.8, 4) is 5.75 Å². The van der Waals surface area contributed by atoms with Gasteiger partial charge in [-0.2, -0.15) is 0 Å². The highest BCUT2D eigenvalue weighted by Gasteiger charge is 2.33. The summed E-state index contributed by atoms with van der Waals surface area (Å²) in [4.78, 5) is 15.2. The van der Waals surface area contributed by atoms with Gasteiger partial charge in [-0.05, 0) is 54.5 Å². The maximum Gasteiger partial charge on any atom is 0.264 e. The van der Waals surface area contributed by atoms with Gasteiger partial charge in [0.2, 0.25) is 0 Å². The predicted octanol–water partition coefficient (Wildman–Crippen LogP) is 3.56. The lowest BCUT2D eigenvalue weighted by molar-refractivity contribution is 0.0619. The third kappa shape index (κ3) is 3.67. The fourth-order valence-corrected chi connectivity index (χ4v) is 6.23. The number of amides is 1. The maximum absolute atomic E-state index is 13.4. The molecule has 1 saturated heterocycles. The Kier molecular flexibility index (Phi) is 5.49. The van der Waals surface area contributed by atoms with Gasteiger partial charge in [-0.25, -0.2) is 8.42 Å². The van der Waals surface area contributed by atoms with Crippen LogP contribution in [-0.2, 0) is 16.4 Å². The summed E-state index contributed by atoms with van der Waals surface area (Å²) >= 11 is 0. The smallest absolute Gasteiger partial charge is 0.264 e. The lowest BCUT2D eigenvalue weighted by Gasteiger charge is -2.35. The second kappa shape index (κ2) is 7.95. The van der Waals surface area contributed by atoms with E-state index in [-0.39, 0.29) is 10.8 Å². The molecule has 0 saturated carbocycles. The fourth-order valence-electron chi connectivity index (χ4n) is 4.70. The number of fused-ring (bicyclic) bond motifs is 1. The second-order valence-electron chi connectivity index (χ2n) is 8.47. The van der Waals surface area contributed by atoms with Crippen LogP contribution in [0.15, 0.2) is 47.4 Å². The molecule has 0 N–H and O–H groups in total. The van der Waals surface area contributed by atoms with Gasteiger partial charge in [0.05, 0.1) is 23.3 Å². The summed E-state index contributed by atoms with van der Waals surface area (Å²) < 4.78 is 33.7. The van der Waals surface area contributed by atoms with Gasteiger partial charge in [0.1, 0.15) is 5.75 Å². The molecule has 2 heterocycles. The van der Waals surface area contributed by atoms with E-state index < -0.39 is 10.0 Å². The van der Waals surface area contributed by atoms with Gasteiger partial charge in [0.25, 0.3) is 15.9 Å². The zero-order valence-corrected chi connectivity index (χ0v) is 18.5. The molecule has 2 unspecified atom stereocenters. The fraction of sp³-hybridized carbons (Fsp3) is 0.435. The predicted molar refractivity (Wildman–Crippen MR) is 117 cm³/mol. The van der Waals surface area contributed by atoms with Crippen molar-refractivity contribution < 1.29 is 17.9 Å². The Morgan fingerprint density at radius 1 is 1.07 bits per heavy atom. The first-order valence-corrected chi connectivity index (χ1v) is 11.8. The Morgan fingerprint density at radius 3 is 2.47 bits per heavy atom. The molecule has 4 rings (SSSR count). The van der Waals surface area contributed by atoms with Gasteiger partial charge in [-0.15, -0.1) is 0 Å². The van der Waals surface area contributed by atoms with Crippen LogP contribution in [0.5, 0.6) is 5.75 Å². The van der Waals surface area contributed by atoms with Crippen LogP contribution in [-0.4, -0.2) is 46.0 Å². The number of carbonyl (C=O) groups excluding carboxylic acids is 1. The maximum atomic E-state index is 13.4. The lowest BCUT2D eigenvalue weighted by atomic mass is 9.91. The SMILES string of the molecule is COc1ccc(S(=O)(=O)N2CCc3ccccc32)cc1C(=O)N1CC(C)CC(C)C1. The van der Waals surface area contributed by atoms with Crippen molar-refractivity contribution in [3.63, 3.8) is 0 Å². The number of benzene rings is 2. The van der Waals surface area contributed by atoms with E-state index in [1.54, 1.807) is 6.07 Å². The van der Waals surface area contributed by atoms with Gasteiger partial charge >= 0.3 is 0 Å². The largest absolute Gasteiger partial charge is 0.496 e. The van der Waals surface area contributed by atoms with Gasteiger partial charge in [0, 0.05) is 19.6 Å². The highest BCUT2D eigenvalue weighted by Crippen LogP contribution is 2.34. The van der Waals surface area contributed by atoms with E-state index in [4.69, 9.17) is 4.74 Å². The molecule has 0 bridgehead atoms. The molecule has 0 radical (unpaired) electrons. The van der Waals surface area contributed by atoms with Gasteiger partial charge < -0.3 is 9.64 Å². The number of para-hydroxylation sites is 1. The van der Waals surface area contributed by atoms with Gasteiger partial charge in [0.15, 0.2) is 0 Å².